The van der Waals surface area contributed by atoms with Gasteiger partial charge in [0.2, 0.25) is 0 Å². The van der Waals surface area contributed by atoms with E-state index in [4.69, 9.17) is 16.3 Å². The van der Waals surface area contributed by atoms with Crippen molar-refractivity contribution in [2.24, 2.45) is 0 Å². The second-order valence-corrected chi connectivity index (χ2v) is 7.50. The van der Waals surface area contributed by atoms with Crippen molar-refractivity contribution in [1.82, 2.24) is 9.97 Å². The number of ether oxygens (including phenoxy) is 1. The van der Waals surface area contributed by atoms with Crippen LogP contribution in [0.5, 0.6) is 0 Å². The molecule has 3 rings (SSSR count). The van der Waals surface area contributed by atoms with Gasteiger partial charge < -0.3 is 10.1 Å². The van der Waals surface area contributed by atoms with E-state index in [-0.39, 0.29) is 12.4 Å². The zero-order valence-electron chi connectivity index (χ0n) is 12.8. The highest BCUT2D eigenvalue weighted by Gasteiger charge is 2.11. The summed E-state index contributed by atoms with van der Waals surface area (Å²) < 4.78 is 6.80. The molecule has 1 aromatic carbocycles. The van der Waals surface area contributed by atoms with E-state index < -0.39 is 11.9 Å². The Bertz CT molecular complexity index is 866. The van der Waals surface area contributed by atoms with E-state index in [0.717, 1.165) is 14.6 Å². The van der Waals surface area contributed by atoms with Crippen molar-refractivity contribution in [3.8, 4) is 0 Å². The van der Waals surface area contributed by atoms with Gasteiger partial charge in [0.05, 0.1) is 21.0 Å². The molecule has 0 aliphatic heterocycles. The predicted molar refractivity (Wildman–Crippen MR) is 99.2 cm³/mol. The van der Waals surface area contributed by atoms with Crippen LogP contribution in [0.4, 0.5) is 5.82 Å². The summed E-state index contributed by atoms with van der Waals surface area (Å²) in [5.74, 6) is -0.516. The van der Waals surface area contributed by atoms with Crippen LogP contribution >= 0.6 is 34.7 Å². The summed E-state index contributed by atoms with van der Waals surface area (Å²) in [6.07, 6.45) is 1.41. The largest absolute Gasteiger partial charge is 0.455 e. The molecule has 128 valence electrons. The van der Waals surface area contributed by atoms with Crippen molar-refractivity contribution in [3.63, 3.8) is 0 Å². The molecule has 6 nitrogen and oxygen atoms in total. The first-order chi connectivity index (χ1) is 12.1. The number of halogens is 1. The van der Waals surface area contributed by atoms with Gasteiger partial charge in [0, 0.05) is 6.20 Å². The summed E-state index contributed by atoms with van der Waals surface area (Å²) in [4.78, 5) is 31.8. The summed E-state index contributed by atoms with van der Waals surface area (Å²) in [7, 11) is 0. The number of aromatic nitrogens is 2. The molecular weight excluding hydrogens is 382 g/mol. The molecule has 0 aliphatic carbocycles. The Labute approximate surface area is 156 Å². The number of carbonyl (C=O) groups excluding carboxylic acids is 2. The number of nitrogens with zero attached hydrogens (tertiary/aromatic N) is 2. The maximum atomic E-state index is 11.8. The number of hydrogen-bond donors (Lipinski definition) is 1. The van der Waals surface area contributed by atoms with E-state index >= 15 is 0 Å². The lowest BCUT2D eigenvalue weighted by Gasteiger charge is -2.05. The number of nitrogens with one attached hydrogen (secondary N) is 1. The zero-order valence-corrected chi connectivity index (χ0v) is 15.2. The normalized spacial score (nSPS) is 10.6. The van der Waals surface area contributed by atoms with Crippen molar-refractivity contribution < 1.29 is 14.3 Å². The molecular formula is C16H12ClN3O3S2. The molecule has 1 amide bonds. The fourth-order valence-corrected chi connectivity index (χ4v) is 3.83. The molecule has 0 atom stereocenters. The Balaban J connectivity index is 1.43. The quantitative estimate of drug-likeness (QED) is 0.509. The predicted octanol–water partition coefficient (Wildman–Crippen LogP) is 3.62. The van der Waals surface area contributed by atoms with Gasteiger partial charge in [-0.2, -0.15) is 0 Å². The highest BCUT2D eigenvalue weighted by Crippen LogP contribution is 2.29. The standard InChI is InChI=1S/C16H12ClN3O3S2/c17-10-5-6-13(18-7-10)20-14(21)8-23-15(22)9-24-16-19-11-3-1-2-4-12(11)25-16/h1-7H,8-9H2,(H,18,20,21). The van der Waals surface area contributed by atoms with Crippen LogP contribution < -0.4 is 5.32 Å². The lowest BCUT2D eigenvalue weighted by Crippen LogP contribution is -2.22. The van der Waals surface area contributed by atoms with Crippen molar-refractivity contribution >= 4 is 62.6 Å². The van der Waals surface area contributed by atoms with Crippen molar-refractivity contribution in [3.05, 3.63) is 47.6 Å². The van der Waals surface area contributed by atoms with Crippen molar-refractivity contribution in [2.45, 2.75) is 4.34 Å². The third-order valence-corrected chi connectivity index (χ3v) is 5.32. The number of para-hydroxylation sites is 1. The Kier molecular flexibility index (Phi) is 5.85. The monoisotopic (exact) mass is 393 g/mol. The summed E-state index contributed by atoms with van der Waals surface area (Å²) in [5, 5.41) is 2.98. The zero-order chi connectivity index (χ0) is 17.6. The van der Waals surface area contributed by atoms with E-state index in [2.05, 4.69) is 15.3 Å². The van der Waals surface area contributed by atoms with Crippen LogP contribution in [0.15, 0.2) is 46.9 Å². The number of thiazole rings is 1. The number of rotatable bonds is 6. The van der Waals surface area contributed by atoms with Crippen LogP contribution in [0.3, 0.4) is 0 Å². The molecule has 2 aromatic heterocycles. The number of pyridine rings is 1. The van der Waals surface area contributed by atoms with Gasteiger partial charge in [-0.1, -0.05) is 35.5 Å². The molecule has 25 heavy (non-hydrogen) atoms. The number of esters is 1. The minimum Gasteiger partial charge on any atom is -0.455 e. The first kappa shape index (κ1) is 17.7. The average molecular weight is 394 g/mol. The molecule has 0 saturated carbocycles. The van der Waals surface area contributed by atoms with Crippen molar-refractivity contribution in [2.75, 3.05) is 17.7 Å². The summed E-state index contributed by atoms with van der Waals surface area (Å²) in [5.41, 5.74) is 0.901. The maximum absolute atomic E-state index is 11.8. The smallest absolute Gasteiger partial charge is 0.316 e. The van der Waals surface area contributed by atoms with Gasteiger partial charge in [-0.05, 0) is 24.3 Å². The molecule has 0 radical (unpaired) electrons. The number of fused-ring (bicyclic) bond motifs is 1. The molecule has 0 spiro atoms. The van der Waals surface area contributed by atoms with Crippen LogP contribution in [-0.4, -0.2) is 34.2 Å². The fraction of sp³-hybridized carbons (Fsp3) is 0.125. The number of anilines is 1. The molecule has 2 heterocycles. The van der Waals surface area contributed by atoms with Gasteiger partial charge in [0.25, 0.3) is 5.91 Å². The first-order valence-electron chi connectivity index (χ1n) is 7.15. The molecule has 3 aromatic rings. The van der Waals surface area contributed by atoms with Gasteiger partial charge in [0.1, 0.15) is 5.82 Å². The van der Waals surface area contributed by atoms with Crippen LogP contribution in [0.2, 0.25) is 5.02 Å². The van der Waals surface area contributed by atoms with Crippen molar-refractivity contribution in [1.29, 1.82) is 0 Å². The van der Waals surface area contributed by atoms with E-state index in [1.165, 1.54) is 29.3 Å². The van der Waals surface area contributed by atoms with Gasteiger partial charge in [-0.3, -0.25) is 9.59 Å². The Morgan fingerprint density at radius 2 is 2.08 bits per heavy atom. The van der Waals surface area contributed by atoms with Crippen LogP contribution in [0.25, 0.3) is 10.2 Å². The number of thioether (sulfide) groups is 1. The fourth-order valence-electron chi connectivity index (χ4n) is 1.85. The minimum absolute atomic E-state index is 0.0896. The average Bonchev–Trinajstić information content (AvgIpc) is 3.03. The van der Waals surface area contributed by atoms with E-state index in [1.54, 1.807) is 12.1 Å². The highest BCUT2D eigenvalue weighted by molar-refractivity contribution is 8.01. The summed E-state index contributed by atoms with van der Waals surface area (Å²) in [6, 6.07) is 10.9. The number of amides is 1. The molecule has 0 bridgehead atoms. The van der Waals surface area contributed by atoms with E-state index in [0.29, 0.717) is 10.8 Å². The summed E-state index contributed by atoms with van der Waals surface area (Å²) >= 11 is 8.51. The third kappa shape index (κ3) is 5.15. The Morgan fingerprint density at radius 3 is 2.84 bits per heavy atom. The third-order valence-electron chi connectivity index (χ3n) is 2.95. The van der Waals surface area contributed by atoms with E-state index in [1.807, 2.05) is 24.3 Å². The Hall–Kier alpha value is -2.16. The molecule has 0 fully saturated rings. The van der Waals surface area contributed by atoms with Gasteiger partial charge in [-0.15, -0.1) is 11.3 Å². The first-order valence-corrected chi connectivity index (χ1v) is 9.33. The minimum atomic E-state index is -0.483. The number of carbonyl (C=O) groups is 2. The second kappa shape index (κ2) is 8.28. The number of hydrogen-bond acceptors (Lipinski definition) is 7. The SMILES string of the molecule is O=C(COC(=O)CSc1nc2ccccc2s1)Nc1ccc(Cl)cn1. The van der Waals surface area contributed by atoms with Gasteiger partial charge >= 0.3 is 5.97 Å². The van der Waals surface area contributed by atoms with Crippen LogP contribution in [0.1, 0.15) is 0 Å². The lowest BCUT2D eigenvalue weighted by atomic mass is 10.3. The lowest BCUT2D eigenvalue weighted by molar-refractivity contribution is -0.144. The molecule has 0 aliphatic rings. The maximum Gasteiger partial charge on any atom is 0.316 e. The number of benzene rings is 1. The Morgan fingerprint density at radius 1 is 1.24 bits per heavy atom. The molecule has 0 saturated heterocycles. The van der Waals surface area contributed by atoms with Gasteiger partial charge in [-0.25, -0.2) is 9.97 Å². The molecule has 1 N–H and O–H groups in total. The summed E-state index contributed by atoms with van der Waals surface area (Å²) in [6.45, 7) is -0.371. The van der Waals surface area contributed by atoms with E-state index in [9.17, 15) is 9.59 Å². The molecule has 0 unspecified atom stereocenters. The second-order valence-electron chi connectivity index (χ2n) is 4.81. The molecule has 9 heteroatoms. The van der Waals surface area contributed by atoms with Crippen LogP contribution in [0, 0.1) is 0 Å². The topological polar surface area (TPSA) is 81.2 Å². The van der Waals surface area contributed by atoms with Crippen LogP contribution in [-0.2, 0) is 14.3 Å². The highest BCUT2D eigenvalue weighted by atomic mass is 35.5. The van der Waals surface area contributed by atoms with Gasteiger partial charge in [0.15, 0.2) is 10.9 Å².